The van der Waals surface area contributed by atoms with Crippen LogP contribution in [0.15, 0.2) is 30.3 Å². The zero-order valence-electron chi connectivity index (χ0n) is 24.0. The second-order valence-electron chi connectivity index (χ2n) is 13.4. The molecule has 0 spiro atoms. The van der Waals surface area contributed by atoms with Gasteiger partial charge in [-0.15, -0.1) is 0 Å². The number of hydrogen-bond acceptors (Lipinski definition) is 1. The Morgan fingerprint density at radius 1 is 0.667 bits per heavy atom. The van der Waals surface area contributed by atoms with Crippen molar-refractivity contribution in [3.05, 3.63) is 52.6 Å². The van der Waals surface area contributed by atoms with Gasteiger partial charge in [-0.3, -0.25) is 0 Å². The molecule has 1 nitrogen and oxygen atoms in total. The van der Waals surface area contributed by atoms with Gasteiger partial charge in [-0.2, -0.15) is 0 Å². The van der Waals surface area contributed by atoms with Gasteiger partial charge in [-0.05, 0) is 63.3 Å². The molecule has 0 fully saturated rings. The molecule has 0 aliphatic heterocycles. The molecule has 2 aromatic carbocycles. The summed E-state index contributed by atoms with van der Waals surface area (Å²) in [7, 11) is -0.270. The first-order chi connectivity index (χ1) is 14.8. The molecule has 0 unspecified atom stereocenters. The van der Waals surface area contributed by atoms with E-state index in [0.717, 1.165) is 0 Å². The average Bonchev–Trinajstić information content (AvgIpc) is 2.60. The van der Waals surface area contributed by atoms with Crippen LogP contribution in [-0.2, 0) is 16.2 Å². The maximum Gasteiger partial charge on any atom is 0.0462 e. The Hall–Kier alpha value is -1.33. The fourth-order valence-electron chi connectivity index (χ4n) is 4.64. The van der Waals surface area contributed by atoms with Crippen LogP contribution in [0.4, 0.5) is 11.4 Å². The Morgan fingerprint density at radius 3 is 1.48 bits per heavy atom. The normalized spacial score (nSPS) is 13.4. The number of benzene rings is 2. The molecule has 2 aromatic rings. The van der Waals surface area contributed by atoms with Gasteiger partial charge in [0.25, 0.3) is 0 Å². The zero-order chi connectivity index (χ0) is 25.5. The standard InChI is InChI=1S/C31H50NP/c1-20(2)33(21(3)4)27-17-22(5)15-16-26(27)32-28-24(30(9,10)11)18-23(29(6,7)8)19-25(28)31(12,13)14/h15-21,32H,1-14H3. The van der Waals surface area contributed by atoms with E-state index in [1.54, 1.807) is 0 Å². The summed E-state index contributed by atoms with van der Waals surface area (Å²) in [6.45, 7) is 32.8. The highest BCUT2D eigenvalue weighted by molar-refractivity contribution is 7.67. The molecule has 2 rings (SSSR count). The molecule has 184 valence electrons. The van der Waals surface area contributed by atoms with Crippen molar-refractivity contribution in [1.82, 2.24) is 0 Å². The van der Waals surface area contributed by atoms with E-state index in [2.05, 4.69) is 133 Å². The maximum atomic E-state index is 4.04. The summed E-state index contributed by atoms with van der Waals surface area (Å²) < 4.78 is 0. The second kappa shape index (κ2) is 9.73. The van der Waals surface area contributed by atoms with Crippen molar-refractivity contribution in [3.8, 4) is 0 Å². The molecule has 0 saturated carbocycles. The van der Waals surface area contributed by atoms with Crippen molar-refractivity contribution < 1.29 is 0 Å². The van der Waals surface area contributed by atoms with Crippen molar-refractivity contribution in [2.75, 3.05) is 5.32 Å². The number of nitrogens with one attached hydrogen (secondary N) is 1. The van der Waals surface area contributed by atoms with Gasteiger partial charge in [0.2, 0.25) is 0 Å². The molecule has 0 atom stereocenters. The van der Waals surface area contributed by atoms with Crippen molar-refractivity contribution in [1.29, 1.82) is 0 Å². The third-order valence-electron chi connectivity index (χ3n) is 6.42. The van der Waals surface area contributed by atoms with Crippen LogP contribution in [0, 0.1) is 6.92 Å². The van der Waals surface area contributed by atoms with Gasteiger partial charge in [0.1, 0.15) is 0 Å². The predicted molar refractivity (Wildman–Crippen MR) is 154 cm³/mol. The summed E-state index contributed by atoms with van der Waals surface area (Å²) in [6, 6.07) is 11.9. The summed E-state index contributed by atoms with van der Waals surface area (Å²) in [5.41, 5.74) is 9.64. The lowest BCUT2D eigenvalue weighted by atomic mass is 9.74. The molecule has 0 bridgehead atoms. The third kappa shape index (κ3) is 6.63. The first-order valence-corrected chi connectivity index (χ1v) is 14.2. The Bertz CT molecular complexity index is 919. The molecular weight excluding hydrogens is 417 g/mol. The molecule has 2 heteroatoms. The molecular formula is C31H50NP. The first-order valence-electron chi connectivity index (χ1n) is 12.7. The van der Waals surface area contributed by atoms with Crippen LogP contribution in [0.25, 0.3) is 0 Å². The minimum atomic E-state index is -0.270. The highest BCUT2D eigenvalue weighted by atomic mass is 31.1. The van der Waals surface area contributed by atoms with Gasteiger partial charge >= 0.3 is 0 Å². The Balaban J connectivity index is 2.87. The van der Waals surface area contributed by atoms with E-state index in [0.29, 0.717) is 11.3 Å². The summed E-state index contributed by atoms with van der Waals surface area (Å²) in [5, 5.41) is 5.54. The number of aryl methyl sites for hydroxylation is 1. The van der Waals surface area contributed by atoms with Crippen LogP contribution in [-0.4, -0.2) is 11.3 Å². The van der Waals surface area contributed by atoms with Gasteiger partial charge in [0.05, 0.1) is 0 Å². The number of rotatable bonds is 5. The van der Waals surface area contributed by atoms with E-state index in [-0.39, 0.29) is 24.2 Å². The van der Waals surface area contributed by atoms with Gasteiger partial charge in [-0.1, -0.05) is 122 Å². The van der Waals surface area contributed by atoms with Crippen LogP contribution < -0.4 is 10.6 Å². The Labute approximate surface area is 206 Å². The molecule has 33 heavy (non-hydrogen) atoms. The first kappa shape index (κ1) is 27.9. The summed E-state index contributed by atoms with van der Waals surface area (Å²) in [4.78, 5) is 0. The van der Waals surface area contributed by atoms with Gasteiger partial charge < -0.3 is 5.32 Å². The fraction of sp³-hybridized carbons (Fsp3) is 0.613. The van der Waals surface area contributed by atoms with Crippen LogP contribution >= 0.6 is 7.92 Å². The van der Waals surface area contributed by atoms with Crippen molar-refractivity contribution in [3.63, 3.8) is 0 Å². The molecule has 0 aliphatic carbocycles. The summed E-state index contributed by atoms with van der Waals surface area (Å²) in [5.74, 6) is 0. The molecule has 0 radical (unpaired) electrons. The van der Waals surface area contributed by atoms with Gasteiger partial charge in [0, 0.05) is 16.7 Å². The fourth-order valence-corrected chi connectivity index (χ4v) is 7.71. The van der Waals surface area contributed by atoms with Crippen molar-refractivity contribution >= 4 is 24.6 Å². The van der Waals surface area contributed by atoms with E-state index < -0.39 is 0 Å². The second-order valence-corrected chi connectivity index (χ2v) is 16.8. The molecule has 1 N–H and O–H groups in total. The molecule has 0 heterocycles. The number of anilines is 2. The summed E-state index contributed by atoms with van der Waals surface area (Å²) >= 11 is 0. The van der Waals surface area contributed by atoms with E-state index in [9.17, 15) is 0 Å². The highest BCUT2D eigenvalue weighted by Gasteiger charge is 2.30. The van der Waals surface area contributed by atoms with Gasteiger partial charge in [0.15, 0.2) is 0 Å². The maximum absolute atomic E-state index is 4.04. The Morgan fingerprint density at radius 2 is 1.12 bits per heavy atom. The smallest absolute Gasteiger partial charge is 0.0462 e. The van der Waals surface area contributed by atoms with Crippen LogP contribution in [0.2, 0.25) is 0 Å². The Kier molecular flexibility index (Phi) is 8.23. The highest BCUT2D eigenvalue weighted by Crippen LogP contribution is 2.48. The minimum absolute atomic E-state index is 0.0370. The third-order valence-corrected chi connectivity index (χ3v) is 9.58. The zero-order valence-corrected chi connectivity index (χ0v) is 24.9. The molecule has 0 amide bonds. The largest absolute Gasteiger partial charge is 0.355 e. The van der Waals surface area contributed by atoms with E-state index >= 15 is 0 Å². The topological polar surface area (TPSA) is 12.0 Å². The molecule has 0 saturated heterocycles. The average molecular weight is 468 g/mol. The van der Waals surface area contributed by atoms with Crippen molar-refractivity contribution in [2.24, 2.45) is 0 Å². The van der Waals surface area contributed by atoms with Crippen LogP contribution in [0.3, 0.4) is 0 Å². The van der Waals surface area contributed by atoms with Crippen LogP contribution in [0.5, 0.6) is 0 Å². The lowest BCUT2D eigenvalue weighted by Crippen LogP contribution is -2.25. The molecule has 0 aromatic heterocycles. The lowest BCUT2D eigenvalue weighted by molar-refractivity contribution is 0.551. The van der Waals surface area contributed by atoms with E-state index in [4.69, 9.17) is 0 Å². The number of hydrogen-bond donors (Lipinski definition) is 1. The predicted octanol–water partition coefficient (Wildman–Crippen LogP) is 9.56. The monoisotopic (exact) mass is 467 g/mol. The van der Waals surface area contributed by atoms with E-state index in [1.165, 1.54) is 38.9 Å². The molecule has 0 aliphatic rings. The van der Waals surface area contributed by atoms with E-state index in [1.807, 2.05) is 0 Å². The summed E-state index contributed by atoms with van der Waals surface area (Å²) in [6.07, 6.45) is 0. The van der Waals surface area contributed by atoms with Crippen molar-refractivity contribution in [2.45, 2.75) is 124 Å². The SMILES string of the molecule is Cc1ccc(Nc2c(C(C)(C)C)cc(C(C)(C)C)cc2C(C)(C)C)c(P(C(C)C)C(C)C)c1. The van der Waals surface area contributed by atoms with Crippen LogP contribution in [0.1, 0.15) is 112 Å². The minimum Gasteiger partial charge on any atom is -0.355 e. The van der Waals surface area contributed by atoms with Gasteiger partial charge in [-0.25, -0.2) is 0 Å². The quantitative estimate of drug-likeness (QED) is 0.432. The lowest BCUT2D eigenvalue weighted by Gasteiger charge is -2.35.